The molecule has 4 rings (SSSR count). The van der Waals surface area contributed by atoms with Crippen molar-refractivity contribution in [3.8, 4) is 0 Å². The predicted octanol–water partition coefficient (Wildman–Crippen LogP) is 6.74. The molecule has 0 amide bonds. The normalized spacial score (nSPS) is 20.0. The molecule has 27 heavy (non-hydrogen) atoms. The molecule has 1 aromatic rings. The van der Waals surface area contributed by atoms with E-state index in [0.717, 1.165) is 18.2 Å². The van der Waals surface area contributed by atoms with Gasteiger partial charge in [-0.15, -0.1) is 0 Å². The smallest absolute Gasteiger partial charge is 0.127 e. The highest BCUT2D eigenvalue weighted by Gasteiger charge is 2.21. The lowest BCUT2D eigenvalue weighted by molar-refractivity contribution is 0.318. The highest BCUT2D eigenvalue weighted by atomic mass is 14.9. The number of benzene rings is 1. The molecule has 0 aliphatic heterocycles. The van der Waals surface area contributed by atoms with Crippen molar-refractivity contribution in [1.82, 2.24) is 9.97 Å². The van der Waals surface area contributed by atoms with Gasteiger partial charge in [0.2, 0.25) is 0 Å². The van der Waals surface area contributed by atoms with Crippen molar-refractivity contribution < 1.29 is 0 Å². The Morgan fingerprint density at radius 1 is 0.926 bits per heavy atom. The molecule has 0 N–H and O–H groups in total. The molecule has 0 saturated heterocycles. The lowest BCUT2D eigenvalue weighted by atomic mass is 9.78. The van der Waals surface area contributed by atoms with E-state index in [9.17, 15) is 0 Å². The molecule has 146 valence electrons. The fourth-order valence-electron chi connectivity index (χ4n) is 4.30. The molecular formula is C25H36N2. The van der Waals surface area contributed by atoms with Gasteiger partial charge in [-0.25, -0.2) is 9.97 Å². The van der Waals surface area contributed by atoms with Crippen molar-refractivity contribution >= 4 is 0 Å². The molecular weight excluding hydrogens is 328 g/mol. The van der Waals surface area contributed by atoms with Crippen molar-refractivity contribution in [2.24, 2.45) is 5.92 Å². The van der Waals surface area contributed by atoms with Gasteiger partial charge in [0.25, 0.3) is 0 Å². The van der Waals surface area contributed by atoms with Gasteiger partial charge in [0, 0.05) is 18.8 Å². The number of rotatable bonds is 7. The summed E-state index contributed by atoms with van der Waals surface area (Å²) in [6, 6.07) is 6.75. The Labute approximate surface area is 165 Å². The maximum absolute atomic E-state index is 4.40. The zero-order valence-corrected chi connectivity index (χ0v) is 17.5. The average molecular weight is 365 g/mol. The lowest BCUT2D eigenvalue weighted by Gasteiger charge is -2.27. The topological polar surface area (TPSA) is 25.8 Å². The van der Waals surface area contributed by atoms with Crippen LogP contribution in [0.5, 0.6) is 0 Å². The van der Waals surface area contributed by atoms with Crippen LogP contribution >= 0.6 is 0 Å². The van der Waals surface area contributed by atoms with Crippen molar-refractivity contribution in [2.75, 3.05) is 0 Å². The van der Waals surface area contributed by atoms with Crippen LogP contribution in [0.4, 0.5) is 0 Å². The van der Waals surface area contributed by atoms with Crippen molar-refractivity contribution in [3.63, 3.8) is 0 Å². The first-order valence-corrected chi connectivity index (χ1v) is 11.2. The molecule has 0 radical (unpaired) electrons. The third-order valence-electron chi connectivity index (χ3n) is 6.40. The van der Waals surface area contributed by atoms with E-state index in [1.54, 1.807) is 10.8 Å². The van der Waals surface area contributed by atoms with Crippen molar-refractivity contribution in [2.45, 2.75) is 90.9 Å². The number of hydrogen-bond acceptors (Lipinski definition) is 2. The molecule has 1 heterocycles. The number of unbranched alkanes of at least 4 members (excludes halogenated alkanes) is 2. The van der Waals surface area contributed by atoms with Crippen LogP contribution in [0.2, 0.25) is 0 Å². The first-order chi connectivity index (χ1) is 13.2. The van der Waals surface area contributed by atoms with Crippen LogP contribution in [0.25, 0.3) is 0 Å². The summed E-state index contributed by atoms with van der Waals surface area (Å²) in [4.78, 5) is 8.80. The van der Waals surface area contributed by atoms with E-state index in [0.29, 0.717) is 5.92 Å². The van der Waals surface area contributed by atoms with Crippen LogP contribution in [0.15, 0.2) is 30.6 Å². The molecule has 0 atom stereocenters. The second-order valence-corrected chi connectivity index (χ2v) is 8.24. The average Bonchev–Trinajstić information content (AvgIpc) is 2.72. The van der Waals surface area contributed by atoms with Gasteiger partial charge in [0.15, 0.2) is 0 Å². The highest BCUT2D eigenvalue weighted by Crippen LogP contribution is 2.36. The van der Waals surface area contributed by atoms with E-state index in [1.807, 2.05) is 12.4 Å². The van der Waals surface area contributed by atoms with Gasteiger partial charge in [0.05, 0.1) is 0 Å². The summed E-state index contributed by atoms with van der Waals surface area (Å²) in [5.41, 5.74) is 2.95. The van der Waals surface area contributed by atoms with E-state index in [-0.39, 0.29) is 0 Å². The van der Waals surface area contributed by atoms with Crippen LogP contribution in [-0.2, 0) is 12.8 Å². The van der Waals surface area contributed by atoms with Gasteiger partial charge in [-0.05, 0) is 71.9 Å². The second kappa shape index (κ2) is 10.0. The van der Waals surface area contributed by atoms with E-state index in [1.165, 1.54) is 68.6 Å². The Bertz CT molecular complexity index is 786. The molecule has 0 unspecified atom stereocenters. The standard InChI is InChI=1S/C14H22N2.C11H14/c1-3-11-5-7-12(8-6-11)13-9-15-14(4-2)16-10-13;1-2-3-4-5-9-8-10-6-7-11(9)10/h9-12H,3-8H2,1-2H3;6-8H,2-5H2,1H3. The fourth-order valence-corrected chi connectivity index (χ4v) is 4.30. The minimum Gasteiger partial charge on any atom is -0.241 e. The first kappa shape index (κ1) is 20.0. The van der Waals surface area contributed by atoms with Gasteiger partial charge in [-0.3, -0.25) is 0 Å². The van der Waals surface area contributed by atoms with Gasteiger partial charge in [0.1, 0.15) is 5.82 Å². The Balaban J connectivity index is 0.000000166. The van der Waals surface area contributed by atoms with E-state index < -0.39 is 0 Å². The zero-order valence-electron chi connectivity index (χ0n) is 17.5. The molecule has 0 aromatic carbocycles. The summed E-state index contributed by atoms with van der Waals surface area (Å²) < 4.78 is 0. The molecule has 0 bridgehead atoms. The SMILES string of the molecule is CCCCCc1cc2ccc1=2.CCc1ncc(C2CCC(CC)CC2)cn1. The minimum absolute atomic E-state index is 0.716. The van der Waals surface area contributed by atoms with Gasteiger partial charge >= 0.3 is 0 Å². The van der Waals surface area contributed by atoms with Gasteiger partial charge in [-0.1, -0.05) is 58.2 Å². The Morgan fingerprint density at radius 3 is 2.15 bits per heavy atom. The van der Waals surface area contributed by atoms with Crippen LogP contribution < -0.4 is 0 Å². The number of aromatic nitrogens is 2. The van der Waals surface area contributed by atoms with Crippen LogP contribution in [0.1, 0.15) is 95.0 Å². The molecule has 1 aromatic heterocycles. The second-order valence-electron chi connectivity index (χ2n) is 8.24. The third-order valence-corrected chi connectivity index (χ3v) is 6.40. The molecule has 3 aliphatic carbocycles. The molecule has 2 heteroatoms. The summed E-state index contributed by atoms with van der Waals surface area (Å²) in [5.74, 6) is 2.65. The molecule has 0 spiro atoms. The maximum atomic E-state index is 4.40. The fraction of sp³-hybridized carbons (Fsp3) is 0.600. The highest BCUT2D eigenvalue weighted by molar-refractivity contribution is 5.33. The maximum Gasteiger partial charge on any atom is 0.127 e. The van der Waals surface area contributed by atoms with E-state index in [4.69, 9.17) is 0 Å². The Hall–Kier alpha value is -1.70. The summed E-state index contributed by atoms with van der Waals surface area (Å²) >= 11 is 0. The quantitative estimate of drug-likeness (QED) is 0.434. The summed E-state index contributed by atoms with van der Waals surface area (Å²) in [6.07, 6.45) is 17.2. The predicted molar refractivity (Wildman–Crippen MR) is 114 cm³/mol. The van der Waals surface area contributed by atoms with E-state index >= 15 is 0 Å². The van der Waals surface area contributed by atoms with Crippen LogP contribution in [0.3, 0.4) is 0 Å². The lowest BCUT2D eigenvalue weighted by Crippen LogP contribution is -2.13. The summed E-state index contributed by atoms with van der Waals surface area (Å²) in [7, 11) is 0. The number of aryl methyl sites for hydroxylation is 2. The monoisotopic (exact) mass is 364 g/mol. The van der Waals surface area contributed by atoms with Crippen LogP contribution in [-0.4, -0.2) is 9.97 Å². The molecule has 2 nitrogen and oxygen atoms in total. The first-order valence-electron chi connectivity index (χ1n) is 11.2. The third kappa shape index (κ3) is 5.18. The van der Waals surface area contributed by atoms with Gasteiger partial charge in [-0.2, -0.15) is 0 Å². The van der Waals surface area contributed by atoms with E-state index in [2.05, 4.69) is 48.9 Å². The number of nitrogens with zero attached hydrogens (tertiary/aromatic N) is 2. The van der Waals surface area contributed by atoms with Crippen molar-refractivity contribution in [1.29, 1.82) is 0 Å². The van der Waals surface area contributed by atoms with Gasteiger partial charge < -0.3 is 0 Å². The zero-order chi connectivity index (χ0) is 19.1. The number of hydrogen-bond donors (Lipinski definition) is 0. The minimum atomic E-state index is 0.716. The molecule has 3 aliphatic rings. The van der Waals surface area contributed by atoms with Crippen LogP contribution in [0, 0.1) is 16.4 Å². The largest absolute Gasteiger partial charge is 0.241 e. The Kier molecular flexibility index (Phi) is 7.43. The summed E-state index contributed by atoms with van der Waals surface area (Å²) in [6.45, 7) is 6.66. The van der Waals surface area contributed by atoms with Crippen molar-refractivity contribution in [3.05, 3.63) is 58.0 Å². The Morgan fingerprint density at radius 2 is 1.67 bits per heavy atom. The molecule has 1 fully saturated rings. The molecule has 1 saturated carbocycles. The summed E-state index contributed by atoms with van der Waals surface area (Å²) in [5, 5.41) is 3.03.